The standard InChI is InChI=1S/C21H17N5O7/c1-21(11-3-6-13(7-4-11)26(32)33)19(30)25(20(31)23-21)10-16(27)22-12-5-8-14-15(9-12)18(29)24(2)17(14)28/h3-9H,10H2,1-2H3,(H,22,27)(H,23,31). The highest BCUT2D eigenvalue weighted by atomic mass is 16.6. The minimum atomic E-state index is -1.50. The van der Waals surface area contributed by atoms with Crippen LogP contribution in [0.4, 0.5) is 16.2 Å². The highest BCUT2D eigenvalue weighted by Crippen LogP contribution is 2.30. The molecule has 12 nitrogen and oxygen atoms in total. The number of hydrogen-bond acceptors (Lipinski definition) is 7. The molecule has 12 heteroatoms. The number of amides is 6. The van der Waals surface area contributed by atoms with Crippen LogP contribution in [0.3, 0.4) is 0 Å². The number of fused-ring (bicyclic) bond motifs is 1. The Labute approximate surface area is 186 Å². The van der Waals surface area contributed by atoms with Gasteiger partial charge in [0.05, 0.1) is 16.1 Å². The van der Waals surface area contributed by atoms with E-state index in [2.05, 4.69) is 10.6 Å². The molecule has 0 aliphatic carbocycles. The molecule has 0 saturated carbocycles. The van der Waals surface area contributed by atoms with Crippen LogP contribution < -0.4 is 10.6 Å². The van der Waals surface area contributed by atoms with Gasteiger partial charge in [0, 0.05) is 24.9 Å². The fourth-order valence-corrected chi connectivity index (χ4v) is 3.74. The third kappa shape index (κ3) is 3.46. The lowest BCUT2D eigenvalue weighted by atomic mass is 9.92. The van der Waals surface area contributed by atoms with E-state index in [1.54, 1.807) is 0 Å². The molecule has 2 N–H and O–H groups in total. The summed E-state index contributed by atoms with van der Waals surface area (Å²) < 4.78 is 0. The summed E-state index contributed by atoms with van der Waals surface area (Å²) in [5.41, 5.74) is -0.775. The Kier molecular flexibility index (Phi) is 4.92. The Morgan fingerprint density at radius 1 is 1.06 bits per heavy atom. The van der Waals surface area contributed by atoms with Gasteiger partial charge < -0.3 is 10.6 Å². The van der Waals surface area contributed by atoms with Gasteiger partial charge in [-0.3, -0.25) is 39.1 Å². The fourth-order valence-electron chi connectivity index (χ4n) is 3.74. The second kappa shape index (κ2) is 7.51. The molecule has 6 amide bonds. The van der Waals surface area contributed by atoms with Crippen LogP contribution in [0, 0.1) is 10.1 Å². The van der Waals surface area contributed by atoms with E-state index < -0.39 is 46.7 Å². The first-order chi connectivity index (χ1) is 15.5. The van der Waals surface area contributed by atoms with Crippen molar-refractivity contribution in [1.82, 2.24) is 15.1 Å². The highest BCUT2D eigenvalue weighted by molar-refractivity contribution is 6.21. The van der Waals surface area contributed by atoms with Crippen molar-refractivity contribution in [2.45, 2.75) is 12.5 Å². The van der Waals surface area contributed by atoms with Crippen LogP contribution in [0.5, 0.6) is 0 Å². The second-order valence-electron chi connectivity index (χ2n) is 7.73. The number of nitro groups is 1. The molecule has 1 atom stereocenters. The van der Waals surface area contributed by atoms with Crippen molar-refractivity contribution in [3.8, 4) is 0 Å². The number of hydrogen-bond donors (Lipinski definition) is 2. The lowest BCUT2D eigenvalue weighted by Crippen LogP contribution is -2.42. The number of carbonyl (C=O) groups is 5. The number of nitrogens with zero attached hydrogens (tertiary/aromatic N) is 3. The van der Waals surface area contributed by atoms with E-state index in [-0.39, 0.29) is 22.5 Å². The summed E-state index contributed by atoms with van der Waals surface area (Å²) in [6.45, 7) is 0.836. The molecule has 0 aromatic heterocycles. The average molecular weight is 451 g/mol. The van der Waals surface area contributed by atoms with Gasteiger partial charge in [-0.2, -0.15) is 0 Å². The number of benzene rings is 2. The zero-order valence-corrected chi connectivity index (χ0v) is 17.4. The summed E-state index contributed by atoms with van der Waals surface area (Å²) in [6, 6.07) is 8.55. The zero-order chi connectivity index (χ0) is 24.1. The normalized spacial score (nSPS) is 19.6. The lowest BCUT2D eigenvalue weighted by Gasteiger charge is -2.22. The number of urea groups is 1. The molecular formula is C21H17N5O7. The van der Waals surface area contributed by atoms with Gasteiger partial charge in [-0.15, -0.1) is 0 Å². The fraction of sp³-hybridized carbons (Fsp3) is 0.190. The maximum atomic E-state index is 13.0. The topological polar surface area (TPSA) is 159 Å². The van der Waals surface area contributed by atoms with E-state index in [1.165, 1.54) is 56.4 Å². The van der Waals surface area contributed by atoms with Crippen LogP contribution in [0.25, 0.3) is 0 Å². The number of non-ortho nitro benzene ring substituents is 1. The first kappa shape index (κ1) is 21.6. The average Bonchev–Trinajstić information content (AvgIpc) is 3.13. The van der Waals surface area contributed by atoms with Crippen molar-refractivity contribution >= 4 is 41.0 Å². The highest BCUT2D eigenvalue weighted by Gasteiger charge is 2.49. The SMILES string of the molecule is CN1C(=O)c2ccc(NC(=O)CN3C(=O)NC(C)(c4ccc([N+](=O)[O-])cc4)C3=O)cc2C1=O. The molecule has 2 aromatic carbocycles. The third-order valence-corrected chi connectivity index (χ3v) is 5.61. The molecule has 2 aliphatic heterocycles. The largest absolute Gasteiger partial charge is 0.325 e. The number of nitro benzene ring substituents is 1. The van der Waals surface area contributed by atoms with Gasteiger partial charge in [-0.05, 0) is 42.8 Å². The van der Waals surface area contributed by atoms with Crippen LogP contribution in [-0.2, 0) is 15.1 Å². The Balaban J connectivity index is 1.48. The Bertz CT molecular complexity index is 1260. The van der Waals surface area contributed by atoms with Crippen LogP contribution in [0.1, 0.15) is 33.2 Å². The van der Waals surface area contributed by atoms with Gasteiger partial charge >= 0.3 is 6.03 Å². The van der Waals surface area contributed by atoms with Crippen molar-refractivity contribution < 1.29 is 28.9 Å². The van der Waals surface area contributed by atoms with Crippen LogP contribution >= 0.6 is 0 Å². The number of nitrogens with one attached hydrogen (secondary N) is 2. The maximum absolute atomic E-state index is 13.0. The van der Waals surface area contributed by atoms with E-state index in [0.29, 0.717) is 5.56 Å². The molecule has 0 spiro atoms. The summed E-state index contributed by atoms with van der Waals surface area (Å²) in [5, 5.41) is 15.9. The lowest BCUT2D eigenvalue weighted by molar-refractivity contribution is -0.384. The van der Waals surface area contributed by atoms with E-state index in [9.17, 15) is 34.1 Å². The molecule has 168 valence electrons. The van der Waals surface area contributed by atoms with Gasteiger partial charge in [0.2, 0.25) is 5.91 Å². The number of rotatable bonds is 5. The van der Waals surface area contributed by atoms with Gasteiger partial charge in [-0.1, -0.05) is 0 Å². The summed E-state index contributed by atoms with van der Waals surface area (Å²) >= 11 is 0. The summed E-state index contributed by atoms with van der Waals surface area (Å²) in [7, 11) is 1.35. The van der Waals surface area contributed by atoms with Crippen molar-refractivity contribution in [2.24, 2.45) is 0 Å². The molecule has 1 fully saturated rings. The molecule has 1 unspecified atom stereocenters. The summed E-state index contributed by atoms with van der Waals surface area (Å²) in [5.74, 6) is -2.35. The van der Waals surface area contributed by atoms with Crippen molar-refractivity contribution in [3.63, 3.8) is 0 Å². The van der Waals surface area contributed by atoms with E-state index in [1.807, 2.05) is 0 Å². The smallest absolute Gasteiger partial charge is 0.325 e. The van der Waals surface area contributed by atoms with Gasteiger partial charge in [0.15, 0.2) is 0 Å². The minimum absolute atomic E-state index is 0.140. The molecule has 33 heavy (non-hydrogen) atoms. The Hall–Kier alpha value is -4.61. The van der Waals surface area contributed by atoms with Crippen molar-refractivity contribution in [1.29, 1.82) is 0 Å². The molecule has 2 heterocycles. The predicted octanol–water partition coefficient (Wildman–Crippen LogP) is 1.23. The molecule has 1 saturated heterocycles. The predicted molar refractivity (Wildman–Crippen MR) is 112 cm³/mol. The summed E-state index contributed by atoms with van der Waals surface area (Å²) in [6.07, 6.45) is 0. The molecular weight excluding hydrogens is 434 g/mol. The first-order valence-electron chi connectivity index (χ1n) is 9.68. The van der Waals surface area contributed by atoms with Gasteiger partial charge in [0.25, 0.3) is 23.4 Å². The van der Waals surface area contributed by atoms with Crippen LogP contribution in [0.2, 0.25) is 0 Å². The van der Waals surface area contributed by atoms with Crippen LogP contribution in [-0.4, -0.2) is 58.0 Å². The third-order valence-electron chi connectivity index (χ3n) is 5.61. The molecule has 2 aromatic rings. The van der Waals surface area contributed by atoms with Gasteiger partial charge in [0.1, 0.15) is 12.1 Å². The van der Waals surface area contributed by atoms with Crippen molar-refractivity contribution in [2.75, 3.05) is 18.9 Å². The van der Waals surface area contributed by atoms with Crippen LogP contribution in [0.15, 0.2) is 42.5 Å². The Morgan fingerprint density at radius 2 is 1.70 bits per heavy atom. The maximum Gasteiger partial charge on any atom is 0.325 e. The number of anilines is 1. The van der Waals surface area contributed by atoms with E-state index >= 15 is 0 Å². The number of carbonyl (C=O) groups excluding carboxylic acids is 5. The molecule has 2 aliphatic rings. The molecule has 0 bridgehead atoms. The summed E-state index contributed by atoms with van der Waals surface area (Å²) in [4.78, 5) is 73.9. The monoisotopic (exact) mass is 451 g/mol. The minimum Gasteiger partial charge on any atom is -0.325 e. The first-order valence-corrected chi connectivity index (χ1v) is 9.68. The zero-order valence-electron chi connectivity index (χ0n) is 17.4. The molecule has 0 radical (unpaired) electrons. The quantitative estimate of drug-likeness (QED) is 0.299. The van der Waals surface area contributed by atoms with E-state index in [4.69, 9.17) is 0 Å². The Morgan fingerprint density at radius 3 is 2.33 bits per heavy atom. The second-order valence-corrected chi connectivity index (χ2v) is 7.73. The molecule has 4 rings (SSSR count). The van der Waals surface area contributed by atoms with Crippen molar-refractivity contribution in [3.05, 3.63) is 69.3 Å². The number of imide groups is 2. The van der Waals surface area contributed by atoms with Gasteiger partial charge in [-0.25, -0.2) is 4.79 Å². The van der Waals surface area contributed by atoms with E-state index in [0.717, 1.165) is 9.80 Å².